The van der Waals surface area contributed by atoms with E-state index >= 15 is 0 Å². The monoisotopic (exact) mass is 318 g/mol. The van der Waals surface area contributed by atoms with Crippen molar-refractivity contribution in [3.8, 4) is 0 Å². The Kier molecular flexibility index (Phi) is 4.53. The molecule has 0 unspecified atom stereocenters. The molecule has 126 valence electrons. The lowest BCUT2D eigenvalue weighted by molar-refractivity contribution is -0.138. The largest absolute Gasteiger partial charge is 0.336 e. The highest BCUT2D eigenvalue weighted by Crippen LogP contribution is 2.32. The van der Waals surface area contributed by atoms with E-state index in [4.69, 9.17) is 0 Å². The fourth-order valence-electron chi connectivity index (χ4n) is 3.98. The molecule has 2 atom stereocenters. The zero-order valence-electron chi connectivity index (χ0n) is 14.0. The third kappa shape index (κ3) is 3.32. The Morgan fingerprint density at radius 2 is 2.22 bits per heavy atom. The van der Waals surface area contributed by atoms with Gasteiger partial charge in [-0.05, 0) is 52.1 Å². The summed E-state index contributed by atoms with van der Waals surface area (Å²) in [5.74, 6) is 0.00447. The van der Waals surface area contributed by atoms with E-state index < -0.39 is 0 Å². The number of aryl methyl sites for hydroxylation is 1. The molecular weight excluding hydrogens is 292 g/mol. The summed E-state index contributed by atoms with van der Waals surface area (Å²) in [4.78, 5) is 26.7. The Morgan fingerprint density at radius 3 is 3.04 bits per heavy atom. The molecule has 0 aromatic carbocycles. The zero-order valence-corrected chi connectivity index (χ0v) is 14.0. The predicted octanol–water partition coefficient (Wildman–Crippen LogP) is 1.07. The van der Waals surface area contributed by atoms with Crippen LogP contribution >= 0.6 is 0 Å². The van der Waals surface area contributed by atoms with Crippen LogP contribution < -0.4 is 10.9 Å². The minimum atomic E-state index is -0.220. The van der Waals surface area contributed by atoms with E-state index in [9.17, 15) is 9.59 Å². The molecule has 0 radical (unpaired) electrons. The Bertz CT molecular complexity index is 642. The van der Waals surface area contributed by atoms with Crippen LogP contribution in [0.4, 0.5) is 0 Å². The van der Waals surface area contributed by atoms with Gasteiger partial charge < -0.3 is 10.2 Å². The van der Waals surface area contributed by atoms with Gasteiger partial charge in [0.15, 0.2) is 0 Å². The smallest absolute Gasteiger partial charge is 0.267 e. The fourth-order valence-corrected chi connectivity index (χ4v) is 3.98. The highest BCUT2D eigenvalue weighted by atomic mass is 16.2. The molecule has 0 bridgehead atoms. The van der Waals surface area contributed by atoms with Crippen molar-refractivity contribution in [2.24, 2.45) is 0 Å². The molecule has 1 aromatic rings. The van der Waals surface area contributed by atoms with Crippen molar-refractivity contribution in [3.05, 3.63) is 28.2 Å². The molecule has 1 aromatic heterocycles. The van der Waals surface area contributed by atoms with Gasteiger partial charge >= 0.3 is 0 Å². The van der Waals surface area contributed by atoms with Crippen LogP contribution in [0.2, 0.25) is 0 Å². The first-order chi connectivity index (χ1) is 11.0. The number of carbonyl (C=O) groups is 1. The van der Waals surface area contributed by atoms with Crippen molar-refractivity contribution in [1.29, 1.82) is 0 Å². The number of aromatic nitrogens is 2. The van der Waals surface area contributed by atoms with Gasteiger partial charge in [0.25, 0.3) is 5.56 Å². The topological polar surface area (TPSA) is 67.2 Å². The normalized spacial score (nSPS) is 28.1. The Hall–Kier alpha value is -1.69. The quantitative estimate of drug-likeness (QED) is 0.886. The number of amides is 1. The minimum absolute atomic E-state index is 0.00447. The van der Waals surface area contributed by atoms with Crippen molar-refractivity contribution in [2.75, 3.05) is 13.1 Å². The maximum atomic E-state index is 12.8. The van der Waals surface area contributed by atoms with E-state index in [1.165, 1.54) is 10.7 Å². The Balaban J connectivity index is 1.80. The predicted molar refractivity (Wildman–Crippen MR) is 88.2 cm³/mol. The molecule has 2 aliphatic rings. The van der Waals surface area contributed by atoms with Crippen LogP contribution in [0.1, 0.15) is 44.7 Å². The summed E-state index contributed by atoms with van der Waals surface area (Å²) in [5.41, 5.74) is 0.523. The Morgan fingerprint density at radius 1 is 1.39 bits per heavy atom. The van der Waals surface area contributed by atoms with Gasteiger partial charge in [-0.2, -0.15) is 5.10 Å². The third-order valence-corrected chi connectivity index (χ3v) is 5.25. The number of hydrogen-bond acceptors (Lipinski definition) is 4. The van der Waals surface area contributed by atoms with Crippen LogP contribution in [-0.2, 0) is 11.3 Å². The summed E-state index contributed by atoms with van der Waals surface area (Å²) >= 11 is 0. The third-order valence-electron chi connectivity index (χ3n) is 5.25. The molecule has 0 aliphatic carbocycles. The van der Waals surface area contributed by atoms with E-state index in [0.29, 0.717) is 0 Å². The summed E-state index contributed by atoms with van der Waals surface area (Å²) in [7, 11) is 0. The summed E-state index contributed by atoms with van der Waals surface area (Å²) in [6.45, 7) is 5.90. The molecule has 3 heterocycles. The molecule has 0 spiro atoms. The van der Waals surface area contributed by atoms with Crippen LogP contribution in [0, 0.1) is 6.92 Å². The lowest BCUT2D eigenvalue weighted by Gasteiger charge is -2.48. The molecule has 6 nitrogen and oxygen atoms in total. The van der Waals surface area contributed by atoms with Crippen molar-refractivity contribution in [1.82, 2.24) is 20.0 Å². The Labute approximate surface area is 136 Å². The van der Waals surface area contributed by atoms with Crippen molar-refractivity contribution < 1.29 is 4.79 Å². The molecule has 2 aliphatic heterocycles. The second-order valence-corrected chi connectivity index (χ2v) is 7.02. The number of hydrogen-bond donors (Lipinski definition) is 1. The van der Waals surface area contributed by atoms with Crippen LogP contribution in [0.25, 0.3) is 0 Å². The lowest BCUT2D eigenvalue weighted by Crippen LogP contribution is -2.63. The highest BCUT2D eigenvalue weighted by Gasteiger charge is 2.43. The van der Waals surface area contributed by atoms with Gasteiger partial charge in [-0.25, -0.2) is 4.68 Å². The number of carbonyl (C=O) groups excluding carboxylic acids is 1. The van der Waals surface area contributed by atoms with Gasteiger partial charge in [-0.15, -0.1) is 0 Å². The molecule has 1 amide bonds. The average Bonchev–Trinajstić information content (AvgIpc) is 2.71. The molecule has 2 saturated heterocycles. The van der Waals surface area contributed by atoms with Crippen molar-refractivity contribution in [2.45, 2.75) is 64.1 Å². The molecular formula is C17H26N4O2. The number of fused-ring (bicyclic) bond motifs is 1. The summed E-state index contributed by atoms with van der Waals surface area (Å²) in [5, 5.41) is 7.84. The molecule has 23 heavy (non-hydrogen) atoms. The van der Waals surface area contributed by atoms with E-state index in [2.05, 4.69) is 17.3 Å². The van der Waals surface area contributed by atoms with Crippen LogP contribution in [0.3, 0.4) is 0 Å². The number of rotatable bonds is 2. The standard InChI is InChI=1S/C17H26N4O2/c1-13-7-8-15(22)21(19-13)12-16(23)20-11-5-9-17(2)14(20)6-3-4-10-18-17/h7-8,14,18H,3-6,9-12H2,1-2H3/t14-,17-/m0/s1. The van der Waals surface area contributed by atoms with Gasteiger partial charge in [0.1, 0.15) is 6.54 Å². The first-order valence-corrected chi connectivity index (χ1v) is 8.59. The SMILES string of the molecule is Cc1ccc(=O)n(CC(=O)N2CCC[C@]3(C)NCCCC[C@H]23)n1. The summed E-state index contributed by atoms with van der Waals surface area (Å²) < 4.78 is 1.29. The summed E-state index contributed by atoms with van der Waals surface area (Å²) in [6, 6.07) is 3.37. The van der Waals surface area contributed by atoms with E-state index in [1.807, 2.05) is 11.8 Å². The highest BCUT2D eigenvalue weighted by molar-refractivity contribution is 5.76. The number of nitrogens with zero attached hydrogens (tertiary/aromatic N) is 3. The number of likely N-dealkylation sites (tertiary alicyclic amines) is 1. The van der Waals surface area contributed by atoms with Crippen molar-refractivity contribution in [3.63, 3.8) is 0 Å². The van der Waals surface area contributed by atoms with Gasteiger partial charge in [-0.1, -0.05) is 6.42 Å². The van der Waals surface area contributed by atoms with Gasteiger partial charge in [0.2, 0.25) is 5.91 Å². The number of nitrogens with one attached hydrogen (secondary N) is 1. The van der Waals surface area contributed by atoms with Gasteiger partial charge in [0, 0.05) is 24.2 Å². The average molecular weight is 318 g/mol. The summed E-state index contributed by atoms with van der Waals surface area (Å²) in [6.07, 6.45) is 5.43. The maximum absolute atomic E-state index is 12.8. The maximum Gasteiger partial charge on any atom is 0.267 e. The van der Waals surface area contributed by atoms with Crippen LogP contribution in [0.15, 0.2) is 16.9 Å². The van der Waals surface area contributed by atoms with Crippen molar-refractivity contribution >= 4 is 5.91 Å². The zero-order chi connectivity index (χ0) is 16.4. The molecule has 0 saturated carbocycles. The molecule has 1 N–H and O–H groups in total. The molecule has 3 rings (SSSR count). The van der Waals surface area contributed by atoms with Gasteiger partial charge in [-0.3, -0.25) is 9.59 Å². The fraction of sp³-hybridized carbons (Fsp3) is 0.706. The van der Waals surface area contributed by atoms with E-state index in [1.54, 1.807) is 6.07 Å². The first kappa shape index (κ1) is 16.2. The second-order valence-electron chi connectivity index (χ2n) is 7.02. The second kappa shape index (κ2) is 6.43. The van der Waals surface area contributed by atoms with E-state index in [-0.39, 0.29) is 29.6 Å². The molecule has 2 fully saturated rings. The minimum Gasteiger partial charge on any atom is -0.336 e. The van der Waals surface area contributed by atoms with Crippen LogP contribution in [-0.4, -0.2) is 45.3 Å². The lowest BCUT2D eigenvalue weighted by atomic mass is 9.81. The van der Waals surface area contributed by atoms with E-state index in [0.717, 1.165) is 50.9 Å². The van der Waals surface area contributed by atoms with Gasteiger partial charge in [0.05, 0.1) is 5.69 Å². The first-order valence-electron chi connectivity index (χ1n) is 8.59. The number of piperidine rings is 1. The van der Waals surface area contributed by atoms with Crippen LogP contribution in [0.5, 0.6) is 0 Å². The molecule has 6 heteroatoms.